The summed E-state index contributed by atoms with van der Waals surface area (Å²) in [5.41, 5.74) is 2.61. The van der Waals surface area contributed by atoms with Gasteiger partial charge in [-0.3, -0.25) is 9.48 Å². The number of aryl methyl sites for hydroxylation is 2. The van der Waals surface area contributed by atoms with Crippen LogP contribution in [0.4, 0.5) is 13.2 Å². The van der Waals surface area contributed by atoms with E-state index in [1.807, 2.05) is 32.0 Å². The molecule has 0 radical (unpaired) electrons. The fraction of sp³-hybridized carbons (Fsp3) is 0.286. The van der Waals surface area contributed by atoms with E-state index in [-0.39, 0.29) is 0 Å². The second-order valence-electron chi connectivity index (χ2n) is 4.62. The maximum atomic E-state index is 12.3. The van der Waals surface area contributed by atoms with Gasteiger partial charge < -0.3 is 0 Å². The minimum absolute atomic E-state index is 0.337. The van der Waals surface area contributed by atoms with Crippen LogP contribution < -0.4 is 0 Å². The van der Waals surface area contributed by atoms with Crippen LogP contribution in [0.5, 0.6) is 0 Å². The van der Waals surface area contributed by atoms with Crippen LogP contribution in [0.1, 0.15) is 27.0 Å². The molecule has 0 atom stereocenters. The largest absolute Gasteiger partial charge is 0.454 e. The van der Waals surface area contributed by atoms with Crippen LogP contribution in [0.3, 0.4) is 0 Å². The highest BCUT2D eigenvalue weighted by Crippen LogP contribution is 2.21. The van der Waals surface area contributed by atoms with Crippen molar-refractivity contribution >= 4 is 5.78 Å². The average Bonchev–Trinajstić information content (AvgIpc) is 2.80. The molecule has 2 aromatic rings. The molecule has 1 heterocycles. The summed E-state index contributed by atoms with van der Waals surface area (Å²) in [4.78, 5) is 11.1. The lowest BCUT2D eigenvalue weighted by molar-refractivity contribution is -0.0885. The van der Waals surface area contributed by atoms with E-state index in [4.69, 9.17) is 0 Å². The number of Topliss-reactive ketones (excluding diaryl/α,β-unsaturated/α-hetero) is 1. The molecule has 0 saturated heterocycles. The summed E-state index contributed by atoms with van der Waals surface area (Å²) in [6, 6.07) is 5.76. The SMILES string of the molecule is Cc1cccc(C)c1Cn1cc(C(=O)C(F)(F)F)cn1. The molecule has 0 spiro atoms. The molecule has 0 aliphatic heterocycles. The Labute approximate surface area is 114 Å². The number of rotatable bonds is 3. The van der Waals surface area contributed by atoms with Gasteiger partial charge in [0.25, 0.3) is 5.78 Å². The van der Waals surface area contributed by atoms with E-state index in [0.29, 0.717) is 6.54 Å². The number of hydrogen-bond acceptors (Lipinski definition) is 2. The van der Waals surface area contributed by atoms with Gasteiger partial charge in [0.15, 0.2) is 0 Å². The first kappa shape index (κ1) is 14.3. The molecular weight excluding hydrogens is 269 g/mol. The van der Waals surface area contributed by atoms with Crippen molar-refractivity contribution in [1.82, 2.24) is 9.78 Å². The van der Waals surface area contributed by atoms with Gasteiger partial charge in [-0.1, -0.05) is 18.2 Å². The zero-order valence-corrected chi connectivity index (χ0v) is 11.0. The Bertz CT molecular complexity index is 624. The van der Waals surface area contributed by atoms with Gasteiger partial charge in [0, 0.05) is 6.20 Å². The van der Waals surface area contributed by atoms with Crippen molar-refractivity contribution < 1.29 is 18.0 Å². The normalized spacial score (nSPS) is 11.7. The van der Waals surface area contributed by atoms with Gasteiger partial charge in [-0.05, 0) is 30.5 Å². The van der Waals surface area contributed by atoms with Crippen LogP contribution in [0.2, 0.25) is 0 Å². The summed E-state index contributed by atoms with van der Waals surface area (Å²) in [6.45, 7) is 4.19. The third-order valence-electron chi connectivity index (χ3n) is 3.12. The molecule has 3 nitrogen and oxygen atoms in total. The number of carbonyl (C=O) groups is 1. The highest BCUT2D eigenvalue weighted by Gasteiger charge is 2.39. The number of ketones is 1. The molecule has 6 heteroatoms. The van der Waals surface area contributed by atoms with Crippen LogP contribution in [-0.2, 0) is 6.54 Å². The Morgan fingerprint density at radius 3 is 2.40 bits per heavy atom. The zero-order valence-electron chi connectivity index (χ0n) is 11.0. The van der Waals surface area contributed by atoms with E-state index in [0.717, 1.165) is 29.1 Å². The van der Waals surface area contributed by atoms with Crippen molar-refractivity contribution in [3.8, 4) is 0 Å². The number of alkyl halides is 3. The van der Waals surface area contributed by atoms with Crippen LogP contribution >= 0.6 is 0 Å². The first-order chi connectivity index (χ1) is 9.29. The predicted molar refractivity (Wildman–Crippen MR) is 67.6 cm³/mol. The Morgan fingerprint density at radius 2 is 1.85 bits per heavy atom. The third kappa shape index (κ3) is 2.89. The highest BCUT2D eigenvalue weighted by molar-refractivity contribution is 5.99. The van der Waals surface area contributed by atoms with E-state index >= 15 is 0 Å². The van der Waals surface area contributed by atoms with Crippen molar-refractivity contribution in [1.29, 1.82) is 0 Å². The van der Waals surface area contributed by atoms with Gasteiger partial charge in [0.05, 0.1) is 18.3 Å². The second kappa shape index (κ2) is 5.11. The number of aromatic nitrogens is 2. The molecule has 0 bridgehead atoms. The molecule has 20 heavy (non-hydrogen) atoms. The summed E-state index contributed by atoms with van der Waals surface area (Å²) < 4.78 is 38.3. The monoisotopic (exact) mass is 282 g/mol. The van der Waals surface area contributed by atoms with Crippen molar-refractivity contribution in [2.45, 2.75) is 26.6 Å². The number of benzene rings is 1. The maximum Gasteiger partial charge on any atom is 0.454 e. The molecule has 1 aromatic carbocycles. The fourth-order valence-electron chi connectivity index (χ4n) is 1.99. The molecular formula is C14H13F3N2O. The summed E-state index contributed by atoms with van der Waals surface area (Å²) in [5, 5.41) is 3.82. The lowest BCUT2D eigenvalue weighted by atomic mass is 10.0. The van der Waals surface area contributed by atoms with Crippen LogP contribution in [-0.4, -0.2) is 21.7 Å². The molecule has 1 aromatic heterocycles. The Morgan fingerprint density at radius 1 is 1.25 bits per heavy atom. The van der Waals surface area contributed by atoms with Crippen molar-refractivity contribution in [3.63, 3.8) is 0 Å². The smallest absolute Gasteiger partial charge is 0.284 e. The second-order valence-corrected chi connectivity index (χ2v) is 4.62. The predicted octanol–water partition coefficient (Wildman–Crippen LogP) is 3.29. The maximum absolute atomic E-state index is 12.3. The summed E-state index contributed by atoms with van der Waals surface area (Å²) in [6.07, 6.45) is -2.79. The van der Waals surface area contributed by atoms with E-state index in [1.54, 1.807) is 0 Å². The van der Waals surface area contributed by atoms with Crippen LogP contribution in [0.25, 0.3) is 0 Å². The van der Waals surface area contributed by atoms with Gasteiger partial charge in [0.2, 0.25) is 0 Å². The van der Waals surface area contributed by atoms with Gasteiger partial charge in [0.1, 0.15) is 0 Å². The van der Waals surface area contributed by atoms with Crippen molar-refractivity contribution in [2.24, 2.45) is 0 Å². The molecule has 0 aliphatic rings. The lowest BCUT2D eigenvalue weighted by Crippen LogP contribution is -2.22. The average molecular weight is 282 g/mol. The highest BCUT2D eigenvalue weighted by atomic mass is 19.4. The van der Waals surface area contributed by atoms with Crippen LogP contribution in [0, 0.1) is 13.8 Å². The molecule has 2 rings (SSSR count). The molecule has 0 unspecified atom stereocenters. The third-order valence-corrected chi connectivity index (χ3v) is 3.12. The molecule has 0 amide bonds. The molecule has 0 saturated carbocycles. The van der Waals surface area contributed by atoms with Gasteiger partial charge in [-0.2, -0.15) is 18.3 Å². The first-order valence-electron chi connectivity index (χ1n) is 5.98. The van der Waals surface area contributed by atoms with Gasteiger partial charge >= 0.3 is 6.18 Å². The molecule has 0 fully saturated rings. The number of carbonyl (C=O) groups excluding carboxylic acids is 1. The zero-order chi connectivity index (χ0) is 14.9. The standard InChI is InChI=1S/C14H13F3N2O/c1-9-4-3-5-10(2)12(9)8-19-7-11(6-18-19)13(20)14(15,16)17/h3-7H,8H2,1-2H3. The van der Waals surface area contributed by atoms with E-state index in [2.05, 4.69) is 5.10 Å². The molecule has 0 aliphatic carbocycles. The fourth-order valence-corrected chi connectivity index (χ4v) is 1.99. The van der Waals surface area contributed by atoms with Crippen LogP contribution in [0.15, 0.2) is 30.6 Å². The lowest BCUT2D eigenvalue weighted by Gasteiger charge is -2.09. The minimum atomic E-state index is -4.87. The van der Waals surface area contributed by atoms with E-state index in [9.17, 15) is 18.0 Å². The summed E-state index contributed by atoms with van der Waals surface area (Å²) >= 11 is 0. The Kier molecular flexibility index (Phi) is 3.65. The minimum Gasteiger partial charge on any atom is -0.284 e. The van der Waals surface area contributed by atoms with E-state index in [1.165, 1.54) is 4.68 Å². The summed E-state index contributed by atoms with van der Waals surface area (Å²) in [5.74, 6) is -1.87. The number of hydrogen-bond donors (Lipinski definition) is 0. The molecule has 0 N–H and O–H groups in total. The Balaban J connectivity index is 2.25. The van der Waals surface area contributed by atoms with Crippen molar-refractivity contribution in [2.75, 3.05) is 0 Å². The van der Waals surface area contributed by atoms with Crippen molar-refractivity contribution in [3.05, 3.63) is 52.8 Å². The van der Waals surface area contributed by atoms with Gasteiger partial charge in [-0.15, -0.1) is 0 Å². The summed E-state index contributed by atoms with van der Waals surface area (Å²) in [7, 11) is 0. The topological polar surface area (TPSA) is 34.9 Å². The molecule has 106 valence electrons. The van der Waals surface area contributed by atoms with E-state index < -0.39 is 17.5 Å². The quantitative estimate of drug-likeness (QED) is 0.810. The number of halogens is 3. The van der Waals surface area contributed by atoms with Gasteiger partial charge in [-0.25, -0.2) is 0 Å². The Hall–Kier alpha value is -2.11. The first-order valence-corrected chi connectivity index (χ1v) is 5.98. The number of nitrogens with zero attached hydrogens (tertiary/aromatic N) is 2.